The highest BCUT2D eigenvalue weighted by molar-refractivity contribution is 6.06. The number of aromatic nitrogens is 8. The molecule has 12 aromatic rings. The number of carbonyl (C=O) groups excluding carboxylic acids is 4. The Morgan fingerprint density at radius 2 is 0.738 bits per heavy atom. The number of carbonyl (C=O) groups is 4. The first-order valence-corrected chi connectivity index (χ1v) is 29.8. The Balaban J connectivity index is 0.000000160. The summed E-state index contributed by atoms with van der Waals surface area (Å²) in [7, 11) is 0. The molecule has 8 aromatic carbocycles. The minimum Gasteiger partial charge on any atom is -0.454 e. The van der Waals surface area contributed by atoms with Crippen molar-refractivity contribution in [2.75, 3.05) is 21.3 Å². The van der Waals surface area contributed by atoms with Crippen molar-refractivity contribution in [2.24, 2.45) is 0 Å². The third-order valence-corrected chi connectivity index (χ3v) is 13.3. The van der Waals surface area contributed by atoms with Crippen LogP contribution in [-0.2, 0) is 5.92 Å². The second kappa shape index (κ2) is 34.8. The first-order valence-electron chi connectivity index (χ1n) is 29.8. The maximum atomic E-state index is 14.0. The van der Waals surface area contributed by atoms with Crippen molar-refractivity contribution in [2.45, 2.75) is 19.8 Å². The molecule has 4 heterocycles. The molecule has 20 nitrogen and oxygen atoms in total. The number of ether oxygens (including phenoxy) is 4. The lowest BCUT2D eigenvalue weighted by Crippen LogP contribution is -2.14. The van der Waals surface area contributed by atoms with Crippen molar-refractivity contribution in [1.82, 2.24) is 39.9 Å². The zero-order chi connectivity index (χ0) is 73.4. The van der Waals surface area contributed by atoms with E-state index in [4.69, 9.17) is 31.8 Å². The zero-order valence-corrected chi connectivity index (χ0v) is 53.5. The number of amides is 4. The number of nitrogens with one attached hydrogen (secondary N) is 4. The van der Waals surface area contributed by atoms with E-state index in [1.807, 2.05) is 13.0 Å². The van der Waals surface area contributed by atoms with Crippen molar-refractivity contribution in [3.63, 3.8) is 0 Å². The van der Waals surface area contributed by atoms with Crippen molar-refractivity contribution >= 4 is 46.4 Å². The Kier molecular flexibility index (Phi) is 24.6. The summed E-state index contributed by atoms with van der Waals surface area (Å²) in [5.74, 6) is -4.16. The van der Waals surface area contributed by atoms with E-state index in [-0.39, 0.29) is 73.8 Å². The molecule has 0 aliphatic heterocycles. The molecule has 4 aromatic heterocycles. The van der Waals surface area contributed by atoms with E-state index in [2.05, 4.69) is 73.0 Å². The predicted molar refractivity (Wildman–Crippen MR) is 362 cm³/mol. The topological polar surface area (TPSA) is 256 Å². The molecule has 12 rings (SSSR count). The molecule has 0 saturated heterocycles. The summed E-state index contributed by atoms with van der Waals surface area (Å²) in [4.78, 5) is 79.4. The van der Waals surface area contributed by atoms with Gasteiger partial charge in [-0.2, -0.15) is 4.39 Å². The van der Waals surface area contributed by atoms with Crippen molar-refractivity contribution in [3.8, 4) is 70.7 Å². The second-order valence-electron chi connectivity index (χ2n) is 21.3. The number of halogens is 8. The molecular weight excluding hydrogens is 1350 g/mol. The molecule has 103 heavy (non-hydrogen) atoms. The largest absolute Gasteiger partial charge is 0.454 e. The number of anilines is 4. The summed E-state index contributed by atoms with van der Waals surface area (Å²) in [5.41, 5.74) is 2.81. The molecule has 0 bridgehead atoms. The quantitative estimate of drug-likeness (QED) is 0.0488. The number of benzene rings is 8. The molecule has 0 atom stereocenters. The minimum atomic E-state index is -3.08. The molecule has 0 aliphatic rings. The SMILES string of the molecule is C#Cc1cc(F)cc(C(=O)Nc2cc(F)cc(Oc3cncnc3)c2)c1.C#Cc1cccc(C(=O)Nc2cc(F)c(F)c(Oc3cncnc3)c2)c1.CC(F)(F)c1cccc(C(=O)Nc2cc(F)cc(Oc3cncnc3)c2)c1.Cc1cccc(C(=O)Nc2cc(F)cc(Oc3cncnc3)c2)c1. The summed E-state index contributed by atoms with van der Waals surface area (Å²) in [6.07, 6.45) is 26.9. The fraction of sp³-hybridized carbons (Fsp3) is 0.0400. The average Bonchev–Trinajstić information content (AvgIpc) is 0.849. The van der Waals surface area contributed by atoms with Gasteiger partial charge in [0.05, 0.1) is 49.6 Å². The first-order chi connectivity index (χ1) is 49.5. The molecule has 514 valence electrons. The number of hydrogen-bond acceptors (Lipinski definition) is 16. The minimum absolute atomic E-state index is 0.0149. The lowest BCUT2D eigenvalue weighted by Gasteiger charge is -2.12. The zero-order valence-electron chi connectivity index (χ0n) is 53.5. The van der Waals surface area contributed by atoms with Crippen molar-refractivity contribution < 1.29 is 73.2 Å². The number of hydrogen-bond donors (Lipinski definition) is 4. The van der Waals surface area contributed by atoms with Crippen LogP contribution in [0.2, 0.25) is 0 Å². The van der Waals surface area contributed by atoms with Crippen LogP contribution in [0.4, 0.5) is 57.9 Å². The lowest BCUT2D eigenvalue weighted by atomic mass is 10.1. The van der Waals surface area contributed by atoms with Gasteiger partial charge in [0.2, 0.25) is 5.82 Å². The van der Waals surface area contributed by atoms with Crippen LogP contribution in [0.5, 0.6) is 46.0 Å². The first kappa shape index (κ1) is 73.0. The van der Waals surface area contributed by atoms with E-state index < -0.39 is 64.3 Å². The van der Waals surface area contributed by atoms with Crippen LogP contribution < -0.4 is 40.2 Å². The smallest absolute Gasteiger partial charge is 0.270 e. The van der Waals surface area contributed by atoms with E-state index >= 15 is 0 Å². The van der Waals surface area contributed by atoms with Gasteiger partial charge in [0.25, 0.3) is 29.6 Å². The highest BCUT2D eigenvalue weighted by Gasteiger charge is 2.25. The summed E-state index contributed by atoms with van der Waals surface area (Å²) < 4.78 is 131. The van der Waals surface area contributed by atoms with E-state index in [1.54, 1.807) is 36.4 Å². The third-order valence-electron chi connectivity index (χ3n) is 13.3. The van der Waals surface area contributed by atoms with Gasteiger partial charge in [-0.15, -0.1) is 12.8 Å². The Labute approximate surface area is 580 Å². The Hall–Kier alpha value is -14.3. The standard InChI is InChI=1S/C19H14F3N3O2.2C19H11F2N3O2.C18H14FN3O2/c1-19(21,22)13-4-2-3-12(5-13)18(26)25-15-6-14(20)7-16(8-15)27-17-9-23-11-24-10-17;1-2-12-3-13(5-14(20)4-12)19(25)24-16-6-15(21)7-17(8-16)26-18-9-22-11-23-10-18;1-2-12-4-3-5-13(6-12)19(25)24-14-7-16(20)18(21)17(8-14)26-15-9-22-11-23-10-15;1-12-3-2-4-13(5-12)18(23)22-15-6-14(19)7-16(8-15)24-17-9-20-11-21-10-17/h2-11H,1H3,(H,25,26);2*1,3-11H,(H,24,25);2-11H,1H3,(H,22,23). The van der Waals surface area contributed by atoms with E-state index in [0.717, 1.165) is 67.1 Å². The van der Waals surface area contributed by atoms with E-state index in [1.165, 1.54) is 136 Å². The summed E-state index contributed by atoms with van der Waals surface area (Å²) in [6, 6.07) is 35.3. The molecular formula is C75H50F8N12O8. The van der Waals surface area contributed by atoms with Gasteiger partial charge in [0.15, 0.2) is 34.6 Å². The summed E-state index contributed by atoms with van der Waals surface area (Å²) >= 11 is 0. The van der Waals surface area contributed by atoms with Gasteiger partial charge in [-0.05, 0) is 85.8 Å². The van der Waals surface area contributed by atoms with Crippen LogP contribution in [0.1, 0.15) is 70.6 Å². The maximum absolute atomic E-state index is 14.0. The maximum Gasteiger partial charge on any atom is 0.270 e. The van der Waals surface area contributed by atoms with Crippen LogP contribution in [0.3, 0.4) is 0 Å². The van der Waals surface area contributed by atoms with Gasteiger partial charge >= 0.3 is 0 Å². The van der Waals surface area contributed by atoms with Crippen molar-refractivity contribution in [3.05, 3.63) is 312 Å². The highest BCUT2D eigenvalue weighted by Crippen LogP contribution is 2.33. The predicted octanol–water partition coefficient (Wildman–Crippen LogP) is 16.3. The molecule has 0 saturated carbocycles. The number of terminal acetylenes is 2. The van der Waals surface area contributed by atoms with Gasteiger partial charge in [-0.1, -0.05) is 47.7 Å². The van der Waals surface area contributed by atoms with Gasteiger partial charge in [-0.25, -0.2) is 70.6 Å². The molecule has 0 unspecified atom stereocenters. The van der Waals surface area contributed by atoms with Crippen molar-refractivity contribution in [1.29, 1.82) is 0 Å². The highest BCUT2D eigenvalue weighted by atomic mass is 19.3. The van der Waals surface area contributed by atoms with E-state index in [0.29, 0.717) is 34.1 Å². The molecule has 0 radical (unpaired) electrons. The van der Waals surface area contributed by atoms with Gasteiger partial charge in [0, 0.05) is 117 Å². The van der Waals surface area contributed by atoms with Crippen LogP contribution in [0.15, 0.2) is 233 Å². The second-order valence-corrected chi connectivity index (χ2v) is 21.3. The molecule has 0 aliphatic carbocycles. The molecule has 4 amide bonds. The van der Waals surface area contributed by atoms with Gasteiger partial charge in [-0.3, -0.25) is 19.2 Å². The molecule has 0 spiro atoms. The fourth-order valence-electron chi connectivity index (χ4n) is 8.77. The van der Waals surface area contributed by atoms with Gasteiger partial charge < -0.3 is 40.2 Å². The van der Waals surface area contributed by atoms with Crippen LogP contribution in [-0.4, -0.2) is 63.5 Å². The number of alkyl halides is 2. The summed E-state index contributed by atoms with van der Waals surface area (Å²) in [5, 5.41) is 10.1. The monoisotopic (exact) mass is 1400 g/mol. The normalized spacial score (nSPS) is 10.4. The number of aryl methyl sites for hydroxylation is 1. The third kappa shape index (κ3) is 22.4. The van der Waals surface area contributed by atoms with E-state index in [9.17, 15) is 54.3 Å². The number of rotatable bonds is 17. The van der Waals surface area contributed by atoms with Crippen LogP contribution >= 0.6 is 0 Å². The van der Waals surface area contributed by atoms with Crippen LogP contribution in [0.25, 0.3) is 0 Å². The fourth-order valence-corrected chi connectivity index (χ4v) is 8.77. The Morgan fingerprint density at radius 1 is 0.379 bits per heavy atom. The Bertz CT molecular complexity index is 5100. The van der Waals surface area contributed by atoms with Crippen LogP contribution in [0, 0.1) is 66.5 Å². The number of nitrogens with zero attached hydrogens (tertiary/aromatic N) is 8. The molecule has 0 fully saturated rings. The summed E-state index contributed by atoms with van der Waals surface area (Å²) in [6.45, 7) is 2.64. The lowest BCUT2D eigenvalue weighted by molar-refractivity contribution is 0.0174. The average molecular weight is 1400 g/mol. The Morgan fingerprint density at radius 3 is 1.16 bits per heavy atom. The van der Waals surface area contributed by atoms with Gasteiger partial charge in [0.1, 0.15) is 65.8 Å². The molecule has 28 heteroatoms. The molecule has 4 N–H and O–H groups in total.